The molecule has 1 nitrogen and oxygen atoms in total. The number of benzene rings is 2. The van der Waals surface area contributed by atoms with Gasteiger partial charge >= 0.3 is 0 Å². The summed E-state index contributed by atoms with van der Waals surface area (Å²) in [6, 6.07) is 21.0. The molecule has 0 bridgehead atoms. The highest BCUT2D eigenvalue weighted by Gasteiger charge is 2.12. The number of rotatable bonds is 1. The van der Waals surface area contributed by atoms with Crippen LogP contribution in [0.1, 0.15) is 0 Å². The van der Waals surface area contributed by atoms with Gasteiger partial charge in [0.1, 0.15) is 5.00 Å². The van der Waals surface area contributed by atoms with Gasteiger partial charge in [0.15, 0.2) is 0 Å². The Labute approximate surface area is 119 Å². The number of nitrogens with zero attached hydrogens (tertiary/aromatic N) is 1. The maximum Gasteiger partial charge on any atom is 0.101 e. The molecule has 0 aliphatic carbocycles. The van der Waals surface area contributed by atoms with Crippen LogP contribution in [0.25, 0.3) is 26.8 Å². The fourth-order valence-electron chi connectivity index (χ4n) is 2.58. The molecule has 0 atom stereocenters. The van der Waals surface area contributed by atoms with E-state index in [1.165, 1.54) is 21.8 Å². The summed E-state index contributed by atoms with van der Waals surface area (Å²) in [5.41, 5.74) is 2.45. The average Bonchev–Trinajstić information content (AvgIpc) is 3.00. The van der Waals surface area contributed by atoms with E-state index < -0.39 is 0 Å². The number of para-hydroxylation sites is 2. The van der Waals surface area contributed by atoms with E-state index in [4.69, 9.17) is 11.6 Å². The lowest BCUT2D eigenvalue weighted by Gasteiger charge is -2.03. The van der Waals surface area contributed by atoms with Crippen LogP contribution in [0.3, 0.4) is 0 Å². The van der Waals surface area contributed by atoms with Crippen LogP contribution in [0.5, 0.6) is 0 Å². The molecule has 0 saturated heterocycles. The van der Waals surface area contributed by atoms with Crippen LogP contribution in [0.2, 0.25) is 4.34 Å². The molecular weight excluding hydrogens is 274 g/mol. The minimum atomic E-state index is 0.817. The Balaban J connectivity index is 2.23. The van der Waals surface area contributed by atoms with Gasteiger partial charge in [0.05, 0.1) is 15.4 Å². The molecule has 0 aliphatic heterocycles. The van der Waals surface area contributed by atoms with Crippen LogP contribution >= 0.6 is 22.9 Å². The van der Waals surface area contributed by atoms with Gasteiger partial charge in [0.2, 0.25) is 0 Å². The zero-order valence-corrected chi connectivity index (χ0v) is 11.6. The van der Waals surface area contributed by atoms with E-state index in [1.54, 1.807) is 11.3 Å². The zero-order valence-electron chi connectivity index (χ0n) is 10.0. The molecule has 0 aliphatic rings. The molecule has 3 heteroatoms. The summed E-state index contributed by atoms with van der Waals surface area (Å²) >= 11 is 7.69. The lowest BCUT2D eigenvalue weighted by atomic mass is 10.2. The molecule has 4 rings (SSSR count). The van der Waals surface area contributed by atoms with Crippen molar-refractivity contribution in [2.75, 3.05) is 0 Å². The topological polar surface area (TPSA) is 4.93 Å². The molecule has 0 spiro atoms. The first-order valence-corrected chi connectivity index (χ1v) is 7.28. The normalized spacial score (nSPS) is 11.4. The van der Waals surface area contributed by atoms with Crippen molar-refractivity contribution in [3.05, 3.63) is 65.0 Å². The van der Waals surface area contributed by atoms with Crippen molar-refractivity contribution >= 4 is 44.7 Å². The molecular formula is C16H10ClNS. The zero-order chi connectivity index (χ0) is 12.8. The lowest BCUT2D eigenvalue weighted by molar-refractivity contribution is 1.22. The van der Waals surface area contributed by atoms with Crippen molar-refractivity contribution in [1.29, 1.82) is 0 Å². The van der Waals surface area contributed by atoms with Crippen LogP contribution in [-0.2, 0) is 0 Å². The van der Waals surface area contributed by atoms with Gasteiger partial charge in [0.25, 0.3) is 0 Å². The highest BCUT2D eigenvalue weighted by atomic mass is 35.5. The molecule has 92 valence electrons. The van der Waals surface area contributed by atoms with E-state index in [9.17, 15) is 0 Å². The van der Waals surface area contributed by atoms with Crippen LogP contribution in [0, 0.1) is 0 Å². The minimum Gasteiger partial charge on any atom is -0.301 e. The maximum absolute atomic E-state index is 6.08. The van der Waals surface area contributed by atoms with Crippen molar-refractivity contribution in [3.63, 3.8) is 0 Å². The average molecular weight is 284 g/mol. The van der Waals surface area contributed by atoms with E-state index in [0.29, 0.717) is 0 Å². The molecule has 2 aromatic heterocycles. The summed E-state index contributed by atoms with van der Waals surface area (Å²) < 4.78 is 3.10. The first kappa shape index (κ1) is 11.1. The van der Waals surface area contributed by atoms with Gasteiger partial charge in [-0.1, -0.05) is 48.0 Å². The van der Waals surface area contributed by atoms with Gasteiger partial charge in [-0.25, -0.2) is 0 Å². The SMILES string of the molecule is Clc1ccc(-n2c3ccccc3c3ccccc32)s1. The Kier molecular flexibility index (Phi) is 2.40. The van der Waals surface area contributed by atoms with Crippen LogP contribution in [0.15, 0.2) is 60.7 Å². The monoisotopic (exact) mass is 283 g/mol. The third kappa shape index (κ3) is 1.61. The third-order valence-electron chi connectivity index (χ3n) is 3.36. The molecule has 0 saturated carbocycles. The molecule has 2 heterocycles. The van der Waals surface area contributed by atoms with Gasteiger partial charge in [-0.15, -0.1) is 11.3 Å². The third-order valence-corrected chi connectivity index (χ3v) is 4.58. The maximum atomic E-state index is 6.08. The van der Waals surface area contributed by atoms with E-state index in [0.717, 1.165) is 9.34 Å². The molecule has 0 amide bonds. The van der Waals surface area contributed by atoms with Crippen LogP contribution in [-0.4, -0.2) is 4.57 Å². The molecule has 0 radical (unpaired) electrons. The van der Waals surface area contributed by atoms with Crippen molar-refractivity contribution in [1.82, 2.24) is 4.57 Å². The van der Waals surface area contributed by atoms with E-state index in [1.807, 2.05) is 6.07 Å². The minimum absolute atomic E-state index is 0.817. The summed E-state index contributed by atoms with van der Waals surface area (Å²) in [6.07, 6.45) is 0. The summed E-state index contributed by atoms with van der Waals surface area (Å²) in [5, 5.41) is 3.72. The quantitative estimate of drug-likeness (QED) is 0.435. The van der Waals surface area contributed by atoms with Crippen molar-refractivity contribution in [3.8, 4) is 5.00 Å². The lowest BCUT2D eigenvalue weighted by Crippen LogP contribution is -1.88. The Bertz CT molecular complexity index is 835. The van der Waals surface area contributed by atoms with Gasteiger partial charge in [-0.3, -0.25) is 0 Å². The predicted molar refractivity (Wildman–Crippen MR) is 83.7 cm³/mol. The summed E-state index contributed by atoms with van der Waals surface area (Å²) in [6.45, 7) is 0. The fourth-order valence-corrected chi connectivity index (χ4v) is 3.64. The van der Waals surface area contributed by atoms with Crippen molar-refractivity contribution < 1.29 is 0 Å². The van der Waals surface area contributed by atoms with E-state index >= 15 is 0 Å². The Morgan fingerprint density at radius 1 is 0.737 bits per heavy atom. The van der Waals surface area contributed by atoms with Gasteiger partial charge in [0, 0.05) is 10.8 Å². The molecule has 0 N–H and O–H groups in total. The second kappa shape index (κ2) is 4.12. The number of halogens is 1. The molecule has 19 heavy (non-hydrogen) atoms. The number of hydrogen-bond acceptors (Lipinski definition) is 1. The standard InChI is InChI=1S/C16H10ClNS/c17-15-9-10-16(19-15)18-13-7-3-1-5-11(13)12-6-2-4-8-14(12)18/h1-10H. The van der Waals surface area contributed by atoms with E-state index in [2.05, 4.69) is 59.2 Å². The summed E-state index contributed by atoms with van der Waals surface area (Å²) in [5.74, 6) is 0. The fraction of sp³-hybridized carbons (Fsp3) is 0. The van der Waals surface area contributed by atoms with E-state index in [-0.39, 0.29) is 0 Å². The highest BCUT2D eigenvalue weighted by Crippen LogP contribution is 2.35. The Hall–Kier alpha value is -1.77. The van der Waals surface area contributed by atoms with Gasteiger partial charge in [-0.05, 0) is 24.3 Å². The Morgan fingerprint density at radius 3 is 1.84 bits per heavy atom. The molecule has 2 aromatic carbocycles. The molecule has 0 unspecified atom stereocenters. The Morgan fingerprint density at radius 2 is 1.32 bits per heavy atom. The first-order chi connectivity index (χ1) is 9.34. The van der Waals surface area contributed by atoms with Crippen molar-refractivity contribution in [2.45, 2.75) is 0 Å². The van der Waals surface area contributed by atoms with Crippen LogP contribution < -0.4 is 0 Å². The first-order valence-electron chi connectivity index (χ1n) is 6.08. The van der Waals surface area contributed by atoms with Crippen LogP contribution in [0.4, 0.5) is 0 Å². The highest BCUT2D eigenvalue weighted by molar-refractivity contribution is 7.18. The molecule has 4 aromatic rings. The molecule has 0 fully saturated rings. The van der Waals surface area contributed by atoms with Crippen molar-refractivity contribution in [2.24, 2.45) is 0 Å². The second-order valence-corrected chi connectivity index (χ2v) is 6.14. The summed E-state index contributed by atoms with van der Waals surface area (Å²) in [4.78, 5) is 0. The van der Waals surface area contributed by atoms with Gasteiger partial charge < -0.3 is 4.57 Å². The number of aromatic nitrogens is 1. The van der Waals surface area contributed by atoms with Gasteiger partial charge in [-0.2, -0.15) is 0 Å². The number of thiophene rings is 1. The largest absolute Gasteiger partial charge is 0.301 e. The number of fused-ring (bicyclic) bond motifs is 3. The smallest absolute Gasteiger partial charge is 0.101 e. The number of hydrogen-bond donors (Lipinski definition) is 0. The second-order valence-electron chi connectivity index (χ2n) is 4.45. The summed E-state index contributed by atoms with van der Waals surface area (Å²) in [7, 11) is 0. The predicted octanol–water partition coefficient (Wildman–Crippen LogP) is 5.50.